The van der Waals surface area contributed by atoms with Gasteiger partial charge in [-0.2, -0.15) is 5.26 Å². The van der Waals surface area contributed by atoms with E-state index in [2.05, 4.69) is 5.32 Å². The van der Waals surface area contributed by atoms with Crippen molar-refractivity contribution in [2.24, 2.45) is 0 Å². The Kier molecular flexibility index (Phi) is 5.30. The quantitative estimate of drug-likeness (QED) is 0.560. The van der Waals surface area contributed by atoms with Gasteiger partial charge in [0.2, 0.25) is 5.91 Å². The fraction of sp³-hybridized carbons (Fsp3) is 0.385. The summed E-state index contributed by atoms with van der Waals surface area (Å²) in [5.74, 6) is -0.201. The molecule has 1 aromatic carbocycles. The molecule has 1 aromatic rings. The second-order valence-electron chi connectivity index (χ2n) is 4.24. The van der Waals surface area contributed by atoms with Gasteiger partial charge in [-0.25, -0.2) is 0 Å². The highest BCUT2D eigenvalue weighted by Crippen LogP contribution is 2.25. The molecule has 0 aromatic heterocycles. The number of hydrogen-bond acceptors (Lipinski definition) is 5. The van der Waals surface area contributed by atoms with Crippen LogP contribution in [0.3, 0.4) is 0 Å². The second kappa shape index (κ2) is 6.73. The van der Waals surface area contributed by atoms with Crippen molar-refractivity contribution in [1.82, 2.24) is 5.32 Å². The molecule has 0 aliphatic heterocycles. The highest BCUT2D eigenvalue weighted by atomic mass is 16.3. The van der Waals surface area contributed by atoms with E-state index in [1.165, 1.54) is 25.1 Å². The number of aliphatic hydroxyl groups is 2. The summed E-state index contributed by atoms with van der Waals surface area (Å²) < 4.78 is 0. The molecule has 0 bridgehead atoms. The third kappa shape index (κ3) is 4.25. The molecule has 0 saturated carbocycles. The number of carbonyl (C=O) groups is 1. The summed E-state index contributed by atoms with van der Waals surface area (Å²) >= 11 is 0. The normalized spacial score (nSPS) is 13.4. The van der Waals surface area contributed by atoms with Crippen molar-refractivity contribution in [1.29, 1.82) is 5.26 Å². The summed E-state index contributed by atoms with van der Waals surface area (Å²) in [6.45, 7) is 1.63. The van der Waals surface area contributed by atoms with Crippen LogP contribution in [0.4, 0.5) is 5.69 Å². The molecule has 1 amide bonds. The highest BCUT2D eigenvalue weighted by molar-refractivity contribution is 5.72. The van der Waals surface area contributed by atoms with Gasteiger partial charge in [0.15, 0.2) is 0 Å². The van der Waals surface area contributed by atoms with Crippen molar-refractivity contribution in [3.8, 4) is 6.07 Å². The van der Waals surface area contributed by atoms with E-state index < -0.39 is 12.2 Å². The van der Waals surface area contributed by atoms with Gasteiger partial charge in [-0.15, -0.1) is 0 Å². The summed E-state index contributed by atoms with van der Waals surface area (Å²) in [4.78, 5) is 10.7. The fourth-order valence-corrected chi connectivity index (χ4v) is 1.66. The average molecular weight is 263 g/mol. The number of aliphatic hydroxyl groups excluding tert-OH is 2. The molecule has 102 valence electrons. The van der Waals surface area contributed by atoms with Crippen molar-refractivity contribution in [3.05, 3.63) is 29.3 Å². The first-order valence-electron chi connectivity index (χ1n) is 5.85. The lowest BCUT2D eigenvalue weighted by atomic mass is 9.98. The van der Waals surface area contributed by atoms with Crippen LogP contribution in [0.1, 0.15) is 30.6 Å². The average Bonchev–Trinajstić information content (AvgIpc) is 2.38. The zero-order chi connectivity index (χ0) is 14.4. The molecule has 0 aliphatic carbocycles. The van der Waals surface area contributed by atoms with Gasteiger partial charge in [0, 0.05) is 24.7 Å². The minimum Gasteiger partial charge on any atom is -0.398 e. The Hall–Kier alpha value is -2.10. The van der Waals surface area contributed by atoms with Crippen molar-refractivity contribution in [2.45, 2.75) is 25.6 Å². The van der Waals surface area contributed by atoms with Crippen LogP contribution in [0.2, 0.25) is 0 Å². The SMILES string of the molecule is CC(=O)NCCC(O)C(O)c1cc(C#N)ccc1N. The summed E-state index contributed by atoms with van der Waals surface area (Å²) in [5, 5.41) is 31.2. The number of anilines is 1. The molecule has 1 rings (SSSR count). The first-order chi connectivity index (χ1) is 8.95. The molecule has 0 fully saturated rings. The number of benzene rings is 1. The van der Waals surface area contributed by atoms with E-state index in [4.69, 9.17) is 11.0 Å². The zero-order valence-electron chi connectivity index (χ0n) is 10.6. The van der Waals surface area contributed by atoms with Crippen molar-refractivity contribution >= 4 is 11.6 Å². The van der Waals surface area contributed by atoms with Crippen LogP contribution in [-0.2, 0) is 4.79 Å². The summed E-state index contributed by atoms with van der Waals surface area (Å²) in [6.07, 6.45) is -2.07. The summed E-state index contributed by atoms with van der Waals surface area (Å²) in [6, 6.07) is 6.44. The van der Waals surface area contributed by atoms with Gasteiger partial charge in [-0.3, -0.25) is 4.79 Å². The number of nitrogens with zero attached hydrogens (tertiary/aromatic N) is 1. The third-order valence-electron chi connectivity index (χ3n) is 2.71. The molecule has 0 heterocycles. The number of carbonyl (C=O) groups excluding carboxylic acids is 1. The van der Waals surface area contributed by atoms with Crippen LogP contribution in [0.15, 0.2) is 18.2 Å². The fourth-order valence-electron chi connectivity index (χ4n) is 1.66. The molecule has 2 unspecified atom stereocenters. The van der Waals surface area contributed by atoms with E-state index >= 15 is 0 Å². The molecule has 6 nitrogen and oxygen atoms in total. The molecule has 0 spiro atoms. The minimum absolute atomic E-state index is 0.191. The molecule has 0 saturated heterocycles. The molecule has 2 atom stereocenters. The van der Waals surface area contributed by atoms with Gasteiger partial charge >= 0.3 is 0 Å². The van der Waals surface area contributed by atoms with Crippen molar-refractivity contribution in [3.63, 3.8) is 0 Å². The van der Waals surface area contributed by atoms with E-state index in [0.29, 0.717) is 16.8 Å². The van der Waals surface area contributed by atoms with E-state index in [0.717, 1.165) is 0 Å². The number of nitrogens with two attached hydrogens (primary N) is 1. The maximum absolute atomic E-state index is 10.7. The van der Waals surface area contributed by atoms with Gasteiger partial charge < -0.3 is 21.3 Å². The number of hydrogen-bond donors (Lipinski definition) is 4. The topological polar surface area (TPSA) is 119 Å². The molecule has 0 aliphatic rings. The summed E-state index contributed by atoms with van der Waals surface area (Å²) in [7, 11) is 0. The number of rotatable bonds is 5. The Labute approximate surface area is 111 Å². The van der Waals surface area contributed by atoms with Gasteiger partial charge in [-0.05, 0) is 24.6 Å². The Morgan fingerprint density at radius 3 is 2.79 bits per heavy atom. The monoisotopic (exact) mass is 263 g/mol. The van der Waals surface area contributed by atoms with Crippen LogP contribution in [0.5, 0.6) is 0 Å². The van der Waals surface area contributed by atoms with E-state index in [9.17, 15) is 15.0 Å². The van der Waals surface area contributed by atoms with Gasteiger partial charge in [0.05, 0.1) is 17.7 Å². The lowest BCUT2D eigenvalue weighted by Crippen LogP contribution is -2.28. The van der Waals surface area contributed by atoms with Gasteiger partial charge in [0.25, 0.3) is 0 Å². The lowest BCUT2D eigenvalue weighted by molar-refractivity contribution is -0.119. The number of nitrogens with one attached hydrogen (secondary N) is 1. The van der Waals surface area contributed by atoms with Crippen LogP contribution < -0.4 is 11.1 Å². The van der Waals surface area contributed by atoms with Crippen LogP contribution in [0.25, 0.3) is 0 Å². The molecular formula is C13H17N3O3. The number of amides is 1. The Balaban J connectivity index is 2.73. The predicted molar refractivity (Wildman–Crippen MR) is 69.8 cm³/mol. The molecule has 19 heavy (non-hydrogen) atoms. The number of nitriles is 1. The van der Waals surface area contributed by atoms with Crippen LogP contribution in [0, 0.1) is 11.3 Å². The van der Waals surface area contributed by atoms with Crippen LogP contribution >= 0.6 is 0 Å². The van der Waals surface area contributed by atoms with Crippen LogP contribution in [-0.4, -0.2) is 28.8 Å². The van der Waals surface area contributed by atoms with Crippen molar-refractivity contribution < 1.29 is 15.0 Å². The van der Waals surface area contributed by atoms with Gasteiger partial charge in [-0.1, -0.05) is 0 Å². The summed E-state index contributed by atoms with van der Waals surface area (Å²) in [5.41, 5.74) is 6.69. The van der Waals surface area contributed by atoms with E-state index in [1.54, 1.807) is 0 Å². The first-order valence-corrected chi connectivity index (χ1v) is 5.85. The molecule has 5 N–H and O–H groups in total. The first kappa shape index (κ1) is 15.0. The highest BCUT2D eigenvalue weighted by Gasteiger charge is 2.20. The largest absolute Gasteiger partial charge is 0.398 e. The Bertz CT molecular complexity index is 496. The zero-order valence-corrected chi connectivity index (χ0v) is 10.6. The molecular weight excluding hydrogens is 246 g/mol. The molecule has 6 heteroatoms. The smallest absolute Gasteiger partial charge is 0.216 e. The minimum atomic E-state index is -1.19. The predicted octanol–water partition coefficient (Wildman–Crippen LogP) is 0.0610. The van der Waals surface area contributed by atoms with E-state index in [1.807, 2.05) is 6.07 Å². The number of nitrogen functional groups attached to an aromatic ring is 1. The van der Waals surface area contributed by atoms with Crippen molar-refractivity contribution in [2.75, 3.05) is 12.3 Å². The third-order valence-corrected chi connectivity index (χ3v) is 2.71. The molecule has 0 radical (unpaired) electrons. The maximum atomic E-state index is 10.7. The van der Waals surface area contributed by atoms with E-state index in [-0.39, 0.29) is 18.9 Å². The second-order valence-corrected chi connectivity index (χ2v) is 4.24. The standard InChI is InChI=1S/C13H17N3O3/c1-8(17)16-5-4-12(18)13(19)10-6-9(7-14)2-3-11(10)15/h2-3,6,12-13,18-19H,4-5,15H2,1H3,(H,16,17). The maximum Gasteiger partial charge on any atom is 0.216 e. The Morgan fingerprint density at radius 2 is 2.21 bits per heavy atom. The Morgan fingerprint density at radius 1 is 1.53 bits per heavy atom. The lowest BCUT2D eigenvalue weighted by Gasteiger charge is -2.19. The van der Waals surface area contributed by atoms with Gasteiger partial charge in [0.1, 0.15) is 6.10 Å².